The van der Waals surface area contributed by atoms with E-state index in [1.165, 1.54) is 29.8 Å². The first-order chi connectivity index (χ1) is 8.29. The van der Waals surface area contributed by atoms with Crippen LogP contribution in [0.3, 0.4) is 0 Å². The number of hydrogen-bond donors (Lipinski definition) is 0. The Kier molecular flexibility index (Phi) is 4.57. The van der Waals surface area contributed by atoms with Crippen LogP contribution in [-0.4, -0.2) is 4.98 Å². The lowest BCUT2D eigenvalue weighted by Gasteiger charge is -2.01. The van der Waals surface area contributed by atoms with Crippen LogP contribution in [0.1, 0.15) is 31.9 Å². The number of nitrogens with zero attached hydrogens (tertiary/aromatic N) is 1. The Labute approximate surface area is 111 Å². The second-order valence-corrected chi connectivity index (χ2v) is 5.81. The first-order valence-electron chi connectivity index (χ1n) is 6.00. The topological polar surface area (TPSA) is 12.9 Å². The van der Waals surface area contributed by atoms with Crippen LogP contribution in [-0.2, 0) is 6.42 Å². The van der Waals surface area contributed by atoms with Crippen LogP contribution in [0.25, 0.3) is 10.4 Å². The third-order valence-electron chi connectivity index (χ3n) is 2.72. The van der Waals surface area contributed by atoms with E-state index in [1.54, 1.807) is 11.3 Å². The Bertz CT molecular complexity index is 461. The zero-order valence-electron chi connectivity index (χ0n) is 9.95. The van der Waals surface area contributed by atoms with E-state index in [1.807, 2.05) is 18.3 Å². The largest absolute Gasteiger partial charge is 0.261 e. The van der Waals surface area contributed by atoms with Gasteiger partial charge >= 0.3 is 0 Å². The molecule has 1 nitrogen and oxygen atoms in total. The minimum atomic E-state index is 0.826. The van der Waals surface area contributed by atoms with Crippen LogP contribution in [0.4, 0.5) is 0 Å². The fraction of sp³-hybridized carbons (Fsp3) is 0.357. The maximum Gasteiger partial charge on any atom is 0.0934 e. The quantitative estimate of drug-likeness (QED) is 0.678. The Balaban J connectivity index is 2.02. The number of aryl methyl sites for hydroxylation is 1. The summed E-state index contributed by atoms with van der Waals surface area (Å²) in [5.41, 5.74) is 2.34. The summed E-state index contributed by atoms with van der Waals surface area (Å²) in [6.45, 7) is 2.22. The van der Waals surface area contributed by atoms with Crippen molar-refractivity contribution in [2.75, 3.05) is 0 Å². The highest BCUT2D eigenvalue weighted by molar-refractivity contribution is 7.19. The highest BCUT2D eigenvalue weighted by Gasteiger charge is 2.02. The molecule has 0 aliphatic rings. The van der Waals surface area contributed by atoms with Gasteiger partial charge in [-0.1, -0.05) is 37.4 Å². The molecule has 2 heterocycles. The van der Waals surface area contributed by atoms with E-state index in [-0.39, 0.29) is 0 Å². The second kappa shape index (κ2) is 6.18. The third kappa shape index (κ3) is 3.55. The first kappa shape index (κ1) is 12.6. The average Bonchev–Trinajstić information content (AvgIpc) is 2.77. The molecule has 0 N–H and O–H groups in total. The van der Waals surface area contributed by atoms with Gasteiger partial charge < -0.3 is 0 Å². The summed E-state index contributed by atoms with van der Waals surface area (Å²) in [4.78, 5) is 5.68. The molecule has 0 radical (unpaired) electrons. The lowest BCUT2D eigenvalue weighted by atomic mass is 10.1. The number of unbranched alkanes of at least 4 members (excludes halogenated alkanes) is 2. The van der Waals surface area contributed by atoms with Crippen molar-refractivity contribution >= 4 is 22.9 Å². The van der Waals surface area contributed by atoms with Crippen molar-refractivity contribution in [3.63, 3.8) is 0 Å². The van der Waals surface area contributed by atoms with E-state index >= 15 is 0 Å². The lowest BCUT2D eigenvalue weighted by Crippen LogP contribution is -1.89. The van der Waals surface area contributed by atoms with Crippen LogP contribution >= 0.6 is 22.9 Å². The average molecular weight is 266 g/mol. The van der Waals surface area contributed by atoms with Crippen molar-refractivity contribution in [3.05, 3.63) is 40.5 Å². The van der Waals surface area contributed by atoms with Gasteiger partial charge in [0.05, 0.1) is 4.34 Å². The van der Waals surface area contributed by atoms with Crippen LogP contribution < -0.4 is 0 Å². The minimum Gasteiger partial charge on any atom is -0.261 e. The van der Waals surface area contributed by atoms with Gasteiger partial charge in [-0.15, -0.1) is 11.3 Å². The summed E-state index contributed by atoms with van der Waals surface area (Å²) in [7, 11) is 0. The van der Waals surface area contributed by atoms with E-state index in [0.29, 0.717) is 0 Å². The van der Waals surface area contributed by atoms with Crippen molar-refractivity contribution in [3.8, 4) is 10.4 Å². The SMILES string of the molecule is CCCCCc1ccc(-c2ccc(Cl)s2)cn1. The van der Waals surface area contributed by atoms with Crippen molar-refractivity contribution in [1.82, 2.24) is 4.98 Å². The first-order valence-corrected chi connectivity index (χ1v) is 7.19. The van der Waals surface area contributed by atoms with Gasteiger partial charge in [0.25, 0.3) is 0 Å². The molecular weight excluding hydrogens is 250 g/mol. The molecule has 0 aromatic carbocycles. The number of hydrogen-bond acceptors (Lipinski definition) is 2. The highest BCUT2D eigenvalue weighted by Crippen LogP contribution is 2.30. The van der Waals surface area contributed by atoms with Crippen molar-refractivity contribution < 1.29 is 0 Å². The molecular formula is C14H16ClNS. The molecule has 90 valence electrons. The van der Waals surface area contributed by atoms with E-state index in [4.69, 9.17) is 11.6 Å². The molecule has 2 aromatic rings. The Morgan fingerprint density at radius 3 is 2.65 bits per heavy atom. The summed E-state index contributed by atoms with van der Waals surface area (Å²) in [5.74, 6) is 0. The molecule has 0 saturated carbocycles. The maximum atomic E-state index is 5.92. The summed E-state index contributed by atoms with van der Waals surface area (Å²) < 4.78 is 0.826. The zero-order chi connectivity index (χ0) is 12.1. The molecule has 3 heteroatoms. The van der Waals surface area contributed by atoms with Gasteiger partial charge in [0.2, 0.25) is 0 Å². The van der Waals surface area contributed by atoms with Crippen molar-refractivity contribution in [1.29, 1.82) is 0 Å². The summed E-state index contributed by atoms with van der Waals surface area (Å²) in [6.07, 6.45) is 6.80. The Morgan fingerprint density at radius 2 is 2.06 bits per heavy atom. The van der Waals surface area contributed by atoms with Crippen LogP contribution in [0.2, 0.25) is 4.34 Å². The smallest absolute Gasteiger partial charge is 0.0934 e. The molecule has 2 aromatic heterocycles. The molecule has 0 spiro atoms. The Morgan fingerprint density at radius 1 is 1.18 bits per heavy atom. The van der Waals surface area contributed by atoms with E-state index in [0.717, 1.165) is 16.3 Å². The van der Waals surface area contributed by atoms with Gasteiger partial charge in [0, 0.05) is 22.3 Å². The summed E-state index contributed by atoms with van der Waals surface area (Å²) in [6, 6.07) is 8.23. The van der Waals surface area contributed by atoms with Gasteiger partial charge in [-0.25, -0.2) is 0 Å². The number of rotatable bonds is 5. The fourth-order valence-corrected chi connectivity index (χ4v) is 2.78. The molecule has 0 amide bonds. The van der Waals surface area contributed by atoms with E-state index in [2.05, 4.69) is 24.0 Å². The molecule has 0 aliphatic heterocycles. The van der Waals surface area contributed by atoms with Crippen LogP contribution in [0.5, 0.6) is 0 Å². The summed E-state index contributed by atoms with van der Waals surface area (Å²) in [5, 5.41) is 0. The fourth-order valence-electron chi connectivity index (χ4n) is 1.74. The van der Waals surface area contributed by atoms with Gasteiger partial charge in [-0.3, -0.25) is 4.98 Å². The lowest BCUT2D eigenvalue weighted by molar-refractivity contribution is 0.707. The van der Waals surface area contributed by atoms with Crippen LogP contribution in [0, 0.1) is 0 Å². The van der Waals surface area contributed by atoms with Gasteiger partial charge in [0.1, 0.15) is 0 Å². The predicted molar refractivity (Wildman–Crippen MR) is 75.8 cm³/mol. The molecule has 0 atom stereocenters. The Hall–Kier alpha value is -0.860. The monoisotopic (exact) mass is 265 g/mol. The number of aromatic nitrogens is 1. The number of pyridine rings is 1. The predicted octanol–water partition coefficient (Wildman–Crippen LogP) is 5.20. The highest BCUT2D eigenvalue weighted by atomic mass is 35.5. The summed E-state index contributed by atoms with van der Waals surface area (Å²) >= 11 is 7.52. The van der Waals surface area contributed by atoms with E-state index in [9.17, 15) is 0 Å². The number of halogens is 1. The molecule has 0 bridgehead atoms. The molecule has 0 saturated heterocycles. The maximum absolute atomic E-state index is 5.92. The standard InChI is InChI=1S/C14H16ClNS/c1-2-3-4-5-12-7-6-11(10-16-12)13-8-9-14(15)17-13/h6-10H,2-5H2,1H3. The van der Waals surface area contributed by atoms with Crippen LogP contribution in [0.15, 0.2) is 30.5 Å². The molecule has 17 heavy (non-hydrogen) atoms. The number of thiophene rings is 1. The second-order valence-electron chi connectivity index (χ2n) is 4.10. The zero-order valence-corrected chi connectivity index (χ0v) is 11.5. The van der Waals surface area contributed by atoms with Crippen molar-refractivity contribution in [2.45, 2.75) is 32.6 Å². The molecule has 2 rings (SSSR count). The van der Waals surface area contributed by atoms with Gasteiger partial charge in [-0.2, -0.15) is 0 Å². The molecule has 0 aliphatic carbocycles. The van der Waals surface area contributed by atoms with Gasteiger partial charge in [0.15, 0.2) is 0 Å². The normalized spacial score (nSPS) is 10.7. The van der Waals surface area contributed by atoms with Crippen molar-refractivity contribution in [2.24, 2.45) is 0 Å². The molecule has 0 fully saturated rings. The third-order valence-corrected chi connectivity index (χ3v) is 4.00. The van der Waals surface area contributed by atoms with E-state index < -0.39 is 0 Å². The molecule has 0 unspecified atom stereocenters. The minimum absolute atomic E-state index is 0.826. The van der Waals surface area contributed by atoms with Gasteiger partial charge in [-0.05, 0) is 31.0 Å².